The molecule has 2 heterocycles. The van der Waals surface area contributed by atoms with Gasteiger partial charge in [-0.2, -0.15) is 0 Å². The van der Waals surface area contributed by atoms with E-state index in [4.69, 9.17) is 4.98 Å². The number of aromatic nitrogens is 1. The third kappa shape index (κ3) is 4.90. The average molecular weight is 423 g/mol. The minimum atomic E-state index is -0.158. The van der Waals surface area contributed by atoms with E-state index in [1.165, 1.54) is 15.1 Å². The van der Waals surface area contributed by atoms with E-state index in [9.17, 15) is 4.79 Å². The van der Waals surface area contributed by atoms with Gasteiger partial charge in [0.05, 0.1) is 20.1 Å². The quantitative estimate of drug-likeness (QED) is 0.457. The molecule has 2 aromatic carbocycles. The number of thiazole rings is 1. The first-order valence-electron chi connectivity index (χ1n) is 9.71. The second-order valence-corrected chi connectivity index (χ2v) is 9.32. The van der Waals surface area contributed by atoms with Crippen molar-refractivity contribution in [3.05, 3.63) is 81.5 Å². The molecular formula is C23H24N3OS2+. The summed E-state index contributed by atoms with van der Waals surface area (Å²) in [6.07, 6.45) is 0.802. The van der Waals surface area contributed by atoms with Gasteiger partial charge in [0.1, 0.15) is 6.04 Å². The van der Waals surface area contributed by atoms with Gasteiger partial charge in [0.15, 0.2) is 6.04 Å². The lowest BCUT2D eigenvalue weighted by Crippen LogP contribution is -2.91. The summed E-state index contributed by atoms with van der Waals surface area (Å²) < 4.78 is 1.22. The normalized spacial score (nSPS) is 13.3. The summed E-state index contributed by atoms with van der Waals surface area (Å²) in [5.41, 5.74) is 3.07. The molecule has 148 valence electrons. The molecule has 0 fully saturated rings. The van der Waals surface area contributed by atoms with Crippen molar-refractivity contribution >= 4 is 44.5 Å². The molecule has 0 aliphatic rings. The fraction of sp³-hybridized carbons (Fsp3) is 0.217. The maximum atomic E-state index is 12.5. The third-order valence-electron chi connectivity index (χ3n) is 4.90. The van der Waals surface area contributed by atoms with E-state index in [0.717, 1.165) is 22.6 Å². The van der Waals surface area contributed by atoms with E-state index >= 15 is 0 Å². The number of rotatable bonds is 7. The molecule has 0 radical (unpaired) electrons. The van der Waals surface area contributed by atoms with Crippen LogP contribution >= 0.6 is 22.7 Å². The molecule has 0 saturated heterocycles. The van der Waals surface area contributed by atoms with Gasteiger partial charge in [0.25, 0.3) is 5.91 Å². The fourth-order valence-electron chi connectivity index (χ4n) is 3.30. The molecule has 1 amide bonds. The number of nitrogens with two attached hydrogens (primary N) is 1. The van der Waals surface area contributed by atoms with Crippen LogP contribution in [0.3, 0.4) is 0 Å². The Bertz CT molecular complexity index is 1050. The number of hydrogen-bond acceptors (Lipinski definition) is 4. The molecule has 0 saturated carbocycles. The first-order valence-corrected chi connectivity index (χ1v) is 11.4. The summed E-state index contributed by atoms with van der Waals surface area (Å²) in [5.74, 6) is 0.0207. The van der Waals surface area contributed by atoms with Crippen LogP contribution in [0.2, 0.25) is 0 Å². The molecule has 3 N–H and O–H groups in total. The number of amides is 1. The number of quaternary nitrogens is 1. The van der Waals surface area contributed by atoms with Crippen LogP contribution in [-0.2, 0) is 11.2 Å². The van der Waals surface area contributed by atoms with E-state index in [2.05, 4.69) is 47.2 Å². The van der Waals surface area contributed by atoms with Crippen molar-refractivity contribution in [2.45, 2.75) is 32.4 Å². The van der Waals surface area contributed by atoms with Gasteiger partial charge < -0.3 is 10.6 Å². The molecule has 0 unspecified atom stereocenters. The zero-order chi connectivity index (χ0) is 20.2. The van der Waals surface area contributed by atoms with Crippen molar-refractivity contribution in [3.63, 3.8) is 0 Å². The summed E-state index contributed by atoms with van der Waals surface area (Å²) in [6, 6.07) is 20.5. The highest BCUT2D eigenvalue weighted by Gasteiger charge is 2.20. The number of carbonyl (C=O) groups excluding carboxylic acids is 1. The van der Waals surface area contributed by atoms with Gasteiger partial charge >= 0.3 is 0 Å². The molecule has 0 aliphatic carbocycles. The Morgan fingerprint density at radius 3 is 2.59 bits per heavy atom. The largest absolute Gasteiger partial charge is 0.330 e. The van der Waals surface area contributed by atoms with Crippen LogP contribution in [0, 0.1) is 0 Å². The van der Waals surface area contributed by atoms with Crippen LogP contribution in [0.1, 0.15) is 35.3 Å². The number of nitrogens with one attached hydrogen (secondary N) is 1. The number of para-hydroxylation sites is 1. The fourth-order valence-corrected chi connectivity index (χ4v) is 5.06. The lowest BCUT2D eigenvalue weighted by molar-refractivity contribution is -0.709. The van der Waals surface area contributed by atoms with Gasteiger partial charge in [-0.15, -0.1) is 22.7 Å². The van der Waals surface area contributed by atoms with Crippen molar-refractivity contribution < 1.29 is 10.1 Å². The van der Waals surface area contributed by atoms with E-state index < -0.39 is 0 Å². The Morgan fingerprint density at radius 2 is 1.86 bits per heavy atom. The molecular weight excluding hydrogens is 398 g/mol. The number of thiophene rings is 1. The predicted molar refractivity (Wildman–Crippen MR) is 122 cm³/mol. The highest BCUT2D eigenvalue weighted by molar-refractivity contribution is 7.18. The van der Waals surface area contributed by atoms with Gasteiger partial charge in [-0.25, -0.2) is 4.98 Å². The highest BCUT2D eigenvalue weighted by atomic mass is 32.1. The summed E-state index contributed by atoms with van der Waals surface area (Å²) in [7, 11) is 0. The minimum absolute atomic E-state index is 0.0207. The van der Waals surface area contributed by atoms with Gasteiger partial charge in [0.2, 0.25) is 0 Å². The first kappa shape index (κ1) is 19.8. The van der Waals surface area contributed by atoms with Crippen LogP contribution < -0.4 is 10.6 Å². The second-order valence-electron chi connectivity index (χ2n) is 7.22. The zero-order valence-electron chi connectivity index (χ0n) is 16.5. The molecule has 2 atom stereocenters. The molecule has 4 aromatic rings. The SMILES string of the molecule is C[C@H]([NH2+][C@H](C)C(=O)Nc1ccc(Cc2nc3ccccc3s2)cc1)c1cccs1. The standard InChI is InChI=1S/C23H23N3OS2/c1-15(20-8-5-13-28-20)24-16(2)23(27)25-18-11-9-17(10-12-18)14-22-26-19-6-3-4-7-21(19)29-22/h3-13,15-16,24H,14H2,1-2H3,(H,25,27)/p+1/t15-,16+/m0/s1. The Balaban J connectivity index is 1.34. The Kier molecular flexibility index (Phi) is 6.04. The van der Waals surface area contributed by atoms with E-state index in [-0.39, 0.29) is 18.0 Å². The minimum Gasteiger partial charge on any atom is -0.330 e. The summed E-state index contributed by atoms with van der Waals surface area (Å²) >= 11 is 3.46. The van der Waals surface area contributed by atoms with Crippen LogP contribution in [0.4, 0.5) is 5.69 Å². The van der Waals surface area contributed by atoms with E-state index in [0.29, 0.717) is 0 Å². The van der Waals surface area contributed by atoms with E-state index in [1.807, 2.05) is 43.3 Å². The number of carbonyl (C=O) groups is 1. The maximum Gasteiger partial charge on any atom is 0.282 e. The van der Waals surface area contributed by atoms with Gasteiger partial charge in [0, 0.05) is 12.1 Å². The molecule has 6 heteroatoms. The Labute approximate surface area is 178 Å². The molecule has 29 heavy (non-hydrogen) atoms. The van der Waals surface area contributed by atoms with Crippen LogP contribution in [0.25, 0.3) is 10.2 Å². The van der Waals surface area contributed by atoms with E-state index in [1.54, 1.807) is 22.7 Å². The Hall–Kier alpha value is -2.54. The van der Waals surface area contributed by atoms with Crippen molar-refractivity contribution in [3.8, 4) is 0 Å². The smallest absolute Gasteiger partial charge is 0.282 e. The zero-order valence-corrected chi connectivity index (χ0v) is 18.1. The molecule has 4 rings (SSSR count). The van der Waals surface area contributed by atoms with Gasteiger partial charge in [-0.3, -0.25) is 4.79 Å². The highest BCUT2D eigenvalue weighted by Crippen LogP contribution is 2.24. The van der Waals surface area contributed by atoms with Crippen LogP contribution in [0.5, 0.6) is 0 Å². The Morgan fingerprint density at radius 1 is 1.07 bits per heavy atom. The van der Waals surface area contributed by atoms with Gasteiger partial charge in [-0.05, 0) is 55.1 Å². The number of anilines is 1. The number of fused-ring (bicyclic) bond motifs is 1. The van der Waals surface area contributed by atoms with Crippen LogP contribution in [0.15, 0.2) is 66.0 Å². The lowest BCUT2D eigenvalue weighted by Gasteiger charge is -2.15. The molecule has 4 nitrogen and oxygen atoms in total. The second kappa shape index (κ2) is 8.86. The predicted octanol–water partition coefficient (Wildman–Crippen LogP) is 4.60. The molecule has 0 bridgehead atoms. The maximum absolute atomic E-state index is 12.5. The number of hydrogen-bond donors (Lipinski definition) is 2. The summed E-state index contributed by atoms with van der Waals surface area (Å²) in [6.45, 7) is 4.08. The molecule has 0 spiro atoms. The van der Waals surface area contributed by atoms with Crippen LogP contribution in [-0.4, -0.2) is 16.9 Å². The first-order chi connectivity index (χ1) is 14.1. The summed E-state index contributed by atoms with van der Waals surface area (Å²) in [5, 5.41) is 8.30. The van der Waals surface area contributed by atoms with Crippen molar-refractivity contribution in [1.82, 2.24) is 4.98 Å². The monoisotopic (exact) mass is 422 g/mol. The average Bonchev–Trinajstić information content (AvgIpc) is 3.39. The summed E-state index contributed by atoms with van der Waals surface area (Å²) in [4.78, 5) is 18.5. The van der Waals surface area contributed by atoms with Gasteiger partial charge in [-0.1, -0.05) is 30.3 Å². The number of nitrogens with zero attached hydrogens (tertiary/aromatic N) is 1. The molecule has 0 aliphatic heterocycles. The number of benzene rings is 2. The third-order valence-corrected chi connectivity index (χ3v) is 7.01. The lowest BCUT2D eigenvalue weighted by atomic mass is 10.1. The topological polar surface area (TPSA) is 58.6 Å². The van der Waals surface area contributed by atoms with Crippen molar-refractivity contribution in [2.24, 2.45) is 0 Å². The van der Waals surface area contributed by atoms with Crippen molar-refractivity contribution in [1.29, 1.82) is 0 Å². The van der Waals surface area contributed by atoms with Crippen molar-refractivity contribution in [2.75, 3.05) is 5.32 Å². The molecule has 2 aromatic heterocycles.